The van der Waals surface area contributed by atoms with E-state index in [-0.39, 0.29) is 0 Å². The zero-order valence-electron chi connectivity index (χ0n) is 10.8. The first-order valence-corrected chi connectivity index (χ1v) is 7.84. The Morgan fingerprint density at radius 1 is 1.26 bits per heavy atom. The van der Waals surface area contributed by atoms with Gasteiger partial charge in [-0.05, 0) is 48.5 Å². The van der Waals surface area contributed by atoms with Gasteiger partial charge in [0, 0.05) is 28.3 Å². The molecule has 0 fully saturated rings. The molecule has 2 rings (SSSR count). The van der Waals surface area contributed by atoms with Crippen LogP contribution in [0, 0.1) is 0 Å². The fraction of sp³-hybridized carbons (Fsp3) is 0.286. The highest BCUT2D eigenvalue weighted by molar-refractivity contribution is 9.10. The van der Waals surface area contributed by atoms with Crippen molar-refractivity contribution in [1.29, 1.82) is 0 Å². The molecule has 19 heavy (non-hydrogen) atoms. The summed E-state index contributed by atoms with van der Waals surface area (Å²) in [6, 6.07) is 8.15. The molecule has 1 N–H and O–H groups in total. The molecule has 3 nitrogen and oxygen atoms in total. The molecule has 1 aromatic carbocycles. The Kier molecular flexibility index (Phi) is 5.82. The molecule has 1 aromatic heterocycles. The number of hydrogen-bond acceptors (Lipinski definition) is 4. The van der Waals surface area contributed by atoms with Crippen LogP contribution < -0.4 is 5.32 Å². The molecule has 0 amide bonds. The minimum atomic E-state index is 0.775. The lowest BCUT2D eigenvalue weighted by Crippen LogP contribution is -2.14. The fourth-order valence-electron chi connectivity index (χ4n) is 1.61. The van der Waals surface area contributed by atoms with Crippen LogP contribution in [0.25, 0.3) is 0 Å². The highest BCUT2D eigenvalue weighted by Crippen LogP contribution is 2.30. The van der Waals surface area contributed by atoms with Crippen molar-refractivity contribution >= 4 is 27.7 Å². The molecule has 0 saturated carbocycles. The van der Waals surface area contributed by atoms with Crippen molar-refractivity contribution in [2.75, 3.05) is 6.54 Å². The van der Waals surface area contributed by atoms with Crippen LogP contribution in [0.15, 0.2) is 51.2 Å². The predicted octanol–water partition coefficient (Wildman–Crippen LogP) is 3.89. The second-order valence-corrected chi connectivity index (χ2v) is 5.99. The average molecular weight is 338 g/mol. The van der Waals surface area contributed by atoms with E-state index in [0.717, 1.165) is 29.1 Å². The van der Waals surface area contributed by atoms with E-state index in [1.807, 2.05) is 6.07 Å². The standard InChI is InChI=1S/C14H16BrN3S/c1-2-6-16-10-11-4-5-12(15)9-13(11)19-14-17-7-3-8-18-14/h3-5,7-9,16H,2,6,10H2,1H3. The lowest BCUT2D eigenvalue weighted by atomic mass is 10.2. The molecule has 0 radical (unpaired) electrons. The fourth-order valence-corrected chi connectivity index (χ4v) is 3.00. The number of halogens is 1. The van der Waals surface area contributed by atoms with Gasteiger partial charge in [-0.2, -0.15) is 0 Å². The van der Waals surface area contributed by atoms with E-state index in [1.54, 1.807) is 24.2 Å². The first kappa shape index (κ1) is 14.5. The molecule has 100 valence electrons. The summed E-state index contributed by atoms with van der Waals surface area (Å²) >= 11 is 5.11. The smallest absolute Gasteiger partial charge is 0.192 e. The molecular formula is C14H16BrN3S. The zero-order valence-corrected chi connectivity index (χ0v) is 13.2. The molecule has 0 aliphatic carbocycles. The van der Waals surface area contributed by atoms with E-state index in [2.05, 4.69) is 56.3 Å². The Morgan fingerprint density at radius 2 is 2.05 bits per heavy atom. The van der Waals surface area contributed by atoms with Crippen molar-refractivity contribution in [2.45, 2.75) is 29.9 Å². The second-order valence-electron chi connectivity index (χ2n) is 4.06. The van der Waals surface area contributed by atoms with Crippen molar-refractivity contribution < 1.29 is 0 Å². The lowest BCUT2D eigenvalue weighted by Gasteiger charge is -2.10. The number of hydrogen-bond donors (Lipinski definition) is 1. The van der Waals surface area contributed by atoms with Crippen LogP contribution in [0.4, 0.5) is 0 Å². The van der Waals surface area contributed by atoms with Crippen molar-refractivity contribution in [2.24, 2.45) is 0 Å². The number of nitrogens with zero attached hydrogens (tertiary/aromatic N) is 2. The Bertz CT molecular complexity index is 519. The van der Waals surface area contributed by atoms with Crippen LogP contribution in [-0.4, -0.2) is 16.5 Å². The summed E-state index contributed by atoms with van der Waals surface area (Å²) in [6.45, 7) is 4.07. The van der Waals surface area contributed by atoms with Crippen molar-refractivity contribution in [3.05, 3.63) is 46.7 Å². The van der Waals surface area contributed by atoms with Gasteiger partial charge in [-0.25, -0.2) is 9.97 Å². The van der Waals surface area contributed by atoms with Crippen LogP contribution in [0.1, 0.15) is 18.9 Å². The predicted molar refractivity (Wildman–Crippen MR) is 82.3 cm³/mol. The third kappa shape index (κ3) is 4.60. The van der Waals surface area contributed by atoms with Crippen LogP contribution >= 0.6 is 27.7 Å². The van der Waals surface area contributed by atoms with E-state index < -0.39 is 0 Å². The first-order valence-electron chi connectivity index (χ1n) is 6.23. The van der Waals surface area contributed by atoms with Crippen molar-refractivity contribution in [3.8, 4) is 0 Å². The SMILES string of the molecule is CCCNCc1ccc(Br)cc1Sc1ncccn1. The maximum atomic E-state index is 4.26. The van der Waals surface area contributed by atoms with E-state index >= 15 is 0 Å². The number of benzene rings is 1. The van der Waals surface area contributed by atoms with Crippen molar-refractivity contribution in [1.82, 2.24) is 15.3 Å². The number of rotatable bonds is 6. The van der Waals surface area contributed by atoms with Gasteiger partial charge in [0.25, 0.3) is 0 Å². The zero-order chi connectivity index (χ0) is 13.5. The Hall–Kier alpha value is -0.910. The quantitative estimate of drug-likeness (QED) is 0.641. The Morgan fingerprint density at radius 3 is 2.79 bits per heavy atom. The lowest BCUT2D eigenvalue weighted by molar-refractivity contribution is 0.669. The van der Waals surface area contributed by atoms with E-state index in [1.165, 1.54) is 10.5 Å². The van der Waals surface area contributed by atoms with Gasteiger partial charge in [-0.1, -0.05) is 28.9 Å². The molecule has 0 aliphatic rings. The van der Waals surface area contributed by atoms with Gasteiger partial charge in [0.15, 0.2) is 5.16 Å². The molecule has 0 saturated heterocycles. The molecular weight excluding hydrogens is 322 g/mol. The highest BCUT2D eigenvalue weighted by atomic mass is 79.9. The molecule has 1 heterocycles. The molecule has 0 aliphatic heterocycles. The Labute approximate surface area is 126 Å². The van der Waals surface area contributed by atoms with E-state index in [4.69, 9.17) is 0 Å². The second kappa shape index (κ2) is 7.62. The topological polar surface area (TPSA) is 37.8 Å². The van der Waals surface area contributed by atoms with Gasteiger partial charge in [0.05, 0.1) is 0 Å². The third-order valence-corrected chi connectivity index (χ3v) is 4.00. The summed E-state index contributed by atoms with van der Waals surface area (Å²) in [5.41, 5.74) is 1.27. The normalized spacial score (nSPS) is 10.6. The maximum absolute atomic E-state index is 4.26. The van der Waals surface area contributed by atoms with Crippen molar-refractivity contribution in [3.63, 3.8) is 0 Å². The van der Waals surface area contributed by atoms with Gasteiger partial charge in [0.2, 0.25) is 0 Å². The number of nitrogens with one attached hydrogen (secondary N) is 1. The molecule has 0 atom stereocenters. The highest BCUT2D eigenvalue weighted by Gasteiger charge is 2.06. The van der Waals surface area contributed by atoms with E-state index in [0.29, 0.717) is 0 Å². The maximum Gasteiger partial charge on any atom is 0.192 e. The first-order chi connectivity index (χ1) is 9.29. The molecule has 5 heteroatoms. The number of aromatic nitrogens is 2. The monoisotopic (exact) mass is 337 g/mol. The molecule has 0 bridgehead atoms. The summed E-state index contributed by atoms with van der Waals surface area (Å²) in [4.78, 5) is 9.70. The van der Waals surface area contributed by atoms with E-state index in [9.17, 15) is 0 Å². The summed E-state index contributed by atoms with van der Waals surface area (Å²) in [5, 5.41) is 4.20. The average Bonchev–Trinajstić information content (AvgIpc) is 2.43. The van der Waals surface area contributed by atoms with Crippen LogP contribution in [0.5, 0.6) is 0 Å². The minimum absolute atomic E-state index is 0.775. The summed E-state index contributed by atoms with van der Waals surface area (Å²) in [5.74, 6) is 0. The van der Waals surface area contributed by atoms with Crippen LogP contribution in [0.2, 0.25) is 0 Å². The van der Waals surface area contributed by atoms with Gasteiger partial charge >= 0.3 is 0 Å². The summed E-state index contributed by atoms with van der Waals surface area (Å²) < 4.78 is 1.07. The molecule has 2 aromatic rings. The summed E-state index contributed by atoms with van der Waals surface area (Å²) in [7, 11) is 0. The minimum Gasteiger partial charge on any atom is -0.313 e. The molecule has 0 unspecified atom stereocenters. The Balaban J connectivity index is 2.15. The van der Waals surface area contributed by atoms with Gasteiger partial charge < -0.3 is 5.32 Å². The van der Waals surface area contributed by atoms with Crippen LogP contribution in [-0.2, 0) is 6.54 Å². The van der Waals surface area contributed by atoms with Gasteiger partial charge in [0.1, 0.15) is 0 Å². The largest absolute Gasteiger partial charge is 0.313 e. The third-order valence-electron chi connectivity index (χ3n) is 2.51. The molecule has 0 spiro atoms. The van der Waals surface area contributed by atoms with Gasteiger partial charge in [-0.15, -0.1) is 0 Å². The van der Waals surface area contributed by atoms with Gasteiger partial charge in [-0.3, -0.25) is 0 Å². The van der Waals surface area contributed by atoms with Crippen LogP contribution in [0.3, 0.4) is 0 Å². The summed E-state index contributed by atoms with van der Waals surface area (Å²) in [6.07, 6.45) is 4.67.